The van der Waals surface area contributed by atoms with E-state index in [0.29, 0.717) is 111 Å². The summed E-state index contributed by atoms with van der Waals surface area (Å²) in [6, 6.07) is 35.3. The number of hydrogen-bond donors (Lipinski definition) is 8. The quantitative estimate of drug-likeness (QED) is 0.00578. The van der Waals surface area contributed by atoms with E-state index in [2.05, 4.69) is 91.9 Å². The van der Waals surface area contributed by atoms with Crippen molar-refractivity contribution >= 4 is 109 Å². The molecule has 0 aliphatic carbocycles. The third kappa shape index (κ3) is 23.5. The molecule has 122 heavy (non-hydrogen) atoms. The van der Waals surface area contributed by atoms with Gasteiger partial charge in [0, 0.05) is 114 Å². The Morgan fingerprint density at radius 2 is 1.34 bits per heavy atom. The Labute approximate surface area is 718 Å². The average Bonchev–Trinajstić information content (AvgIpc) is 1.61. The van der Waals surface area contributed by atoms with Gasteiger partial charge in [-0.2, -0.15) is 4.98 Å². The fraction of sp³-hybridized carbons (Fsp3) is 0.446. The maximum atomic E-state index is 14.5. The number of ether oxygens (including phenoxy) is 5. The number of Topliss-reactive ketones (excluding diaryl/α,β-unsaturated/α-hetero) is 3. The largest absolute Gasteiger partial charge is 0.493 e. The maximum absolute atomic E-state index is 14.5. The van der Waals surface area contributed by atoms with Gasteiger partial charge in [-0.1, -0.05) is 89.2 Å². The van der Waals surface area contributed by atoms with Crippen LogP contribution in [0, 0.1) is 24.2 Å². The summed E-state index contributed by atoms with van der Waals surface area (Å²) in [7, 11) is 4.94. The van der Waals surface area contributed by atoms with Gasteiger partial charge in [-0.05, 0) is 217 Å². The molecule has 0 spiro atoms. The lowest BCUT2D eigenvalue weighted by atomic mass is 9.92. The molecule has 0 fully saturated rings. The number of aryl methyl sites for hydroxylation is 5. The smallest absolute Gasteiger partial charge is 0.306 e. The molecule has 12 rings (SSSR count). The summed E-state index contributed by atoms with van der Waals surface area (Å²) in [5.41, 5.74) is 23.5. The van der Waals surface area contributed by atoms with Crippen LogP contribution in [0.15, 0.2) is 126 Å². The lowest BCUT2D eigenvalue weighted by molar-refractivity contribution is -0.142. The topological polar surface area (TPSA) is 396 Å². The average molecular weight is 1700 g/mol. The number of aromatic nitrogens is 4. The number of nitrogen functional groups attached to an aromatic ring is 1. The molecular weight excluding hydrogens is 1590 g/mol. The molecule has 6 heterocycles. The number of carbonyl (C=O) groups excluding carboxylic acids is 7. The van der Waals surface area contributed by atoms with Crippen LogP contribution < -0.4 is 61.9 Å². The molecule has 8 aromatic rings. The van der Waals surface area contributed by atoms with Gasteiger partial charge in [0.25, 0.3) is 17.4 Å². The van der Waals surface area contributed by atoms with Gasteiger partial charge in [0.15, 0.2) is 46.0 Å². The number of carbonyl (C=O) groups is 8. The molecule has 6 atom stereocenters. The van der Waals surface area contributed by atoms with Crippen molar-refractivity contribution < 1.29 is 67.1 Å². The maximum Gasteiger partial charge on any atom is 0.306 e. The van der Waals surface area contributed by atoms with Crippen molar-refractivity contribution in [1.29, 1.82) is 5.41 Å². The number of carboxylic acid groups (broad SMARTS) is 1. The lowest BCUT2D eigenvalue weighted by Crippen LogP contribution is -2.44. The number of rotatable bonds is 45. The summed E-state index contributed by atoms with van der Waals surface area (Å²) in [4.78, 5) is 143. The molecule has 28 nitrogen and oxygen atoms in total. The summed E-state index contributed by atoms with van der Waals surface area (Å²) < 4.78 is 31.3. The minimum absolute atomic E-state index is 0.00874. The number of nitrogens with zero attached hydrogens (tertiary/aromatic N) is 6. The van der Waals surface area contributed by atoms with Crippen molar-refractivity contribution in [3.05, 3.63) is 199 Å². The summed E-state index contributed by atoms with van der Waals surface area (Å²) >= 11 is 0. The zero-order valence-electron chi connectivity index (χ0n) is 70.4. The van der Waals surface area contributed by atoms with Gasteiger partial charge in [0.1, 0.15) is 19.0 Å². The minimum atomic E-state index is -1.27. The number of benzene rings is 6. The summed E-state index contributed by atoms with van der Waals surface area (Å²) in [5, 5.41) is 25.9. The van der Waals surface area contributed by atoms with Crippen LogP contribution in [0.5, 0.6) is 17.2 Å². The molecule has 30 heteroatoms. The number of methoxy groups -OCH3 is 1. The summed E-state index contributed by atoms with van der Waals surface area (Å²) in [6.07, 6.45) is 7.96. The van der Waals surface area contributed by atoms with Crippen LogP contribution >= 0.6 is 21.6 Å². The highest BCUT2D eigenvalue weighted by Crippen LogP contribution is 2.44. The van der Waals surface area contributed by atoms with E-state index in [9.17, 15) is 48.3 Å². The predicted molar refractivity (Wildman–Crippen MR) is 473 cm³/mol. The molecule has 0 saturated carbocycles. The third-order valence-corrected chi connectivity index (χ3v) is 26.1. The molecule has 4 aliphatic heterocycles. The van der Waals surface area contributed by atoms with E-state index in [1.165, 1.54) is 24.2 Å². The Balaban J connectivity index is 0.662. The van der Waals surface area contributed by atoms with Crippen LogP contribution in [-0.2, 0) is 85.2 Å². The van der Waals surface area contributed by atoms with Crippen molar-refractivity contribution in [3.63, 3.8) is 0 Å². The molecule has 646 valence electrons. The Bertz CT molecular complexity index is 5220. The number of carboxylic acids is 1. The first-order valence-electron chi connectivity index (χ1n) is 42.1. The van der Waals surface area contributed by atoms with Gasteiger partial charge in [0.2, 0.25) is 17.8 Å². The minimum Gasteiger partial charge on any atom is -0.493 e. The highest BCUT2D eigenvalue weighted by Gasteiger charge is 2.40. The fourth-order valence-electron chi connectivity index (χ4n) is 16.3. The Hall–Kier alpha value is -11.2. The van der Waals surface area contributed by atoms with Gasteiger partial charge in [-0.3, -0.25) is 53.5 Å². The van der Waals surface area contributed by atoms with Crippen molar-refractivity contribution in [2.24, 2.45) is 17.6 Å². The number of aromatic amines is 1. The van der Waals surface area contributed by atoms with Crippen molar-refractivity contribution in [3.8, 4) is 17.2 Å². The molecule has 4 aliphatic rings. The summed E-state index contributed by atoms with van der Waals surface area (Å²) in [5.74, 6) is -3.78. The number of amides is 4. The number of aliphatic carboxylic acids is 1. The number of anilines is 4. The molecule has 0 bridgehead atoms. The van der Waals surface area contributed by atoms with Gasteiger partial charge in [-0.15, -0.1) is 0 Å². The van der Waals surface area contributed by atoms with E-state index >= 15 is 0 Å². The van der Waals surface area contributed by atoms with Crippen LogP contribution in [-0.4, -0.2) is 166 Å². The zero-order valence-corrected chi connectivity index (χ0v) is 72.1. The Morgan fingerprint density at radius 3 is 1.98 bits per heavy atom. The van der Waals surface area contributed by atoms with E-state index < -0.39 is 63.6 Å². The molecule has 10 N–H and O–H groups in total. The number of ketones is 3. The van der Waals surface area contributed by atoms with Gasteiger partial charge >= 0.3 is 5.97 Å². The Kier molecular flexibility index (Phi) is 31.0. The monoisotopic (exact) mass is 1700 g/mol. The number of fused-ring (bicyclic) bond motifs is 9. The van der Waals surface area contributed by atoms with Crippen LogP contribution in [0.4, 0.5) is 23.0 Å². The molecule has 0 saturated heterocycles. The van der Waals surface area contributed by atoms with E-state index in [1.54, 1.807) is 59.9 Å². The standard InChI is InChI=1S/C92H111N13O15S2/c1-8-35-117-37-38-118-36-34-103(71-42-59(52-119-79-48-62-26-30-69-44-64-15-9-11-18-74(64)104(69)87(112)72(62)40-55(79)2)41-60(43-71)53-120-81-49-63-27-31-70-45-65-16-10-12-19-75(65)105(70)88(113)73(63)50-80(81)116-7)54-92(5,6)122-121-39-14-20-76(106)56(3)99-85(110)66(17-13-33-96-90(93)94)46-77(107)57(4)98-82(109)32-28-67(89(114)115)47-78(108)61-24-21-58(22-25-61)23-29-68-51-97-84-83(100-68)86(111)102-91(95)101-84/h9-12,15-16,18-19,21-22,24-25,40-43,48-51,56-57,66-67,69-70H,8,13-14,17,20,23,26-39,44-47,52-54H2,1-7H3,(H,98,109)(H,99,110)(H,114,115)(H4,93,94,96)(H3,95,97,101,102,111)/t56-,57?,66+,67+,69-,70-/m1/s1. The zero-order chi connectivity index (χ0) is 86.7. The second kappa shape index (κ2) is 42.0. The normalized spacial score (nSPS) is 15.5. The molecular formula is C92H111N13O15S2. The Morgan fingerprint density at radius 1 is 0.705 bits per heavy atom. The number of hydrogen-bond acceptors (Lipinski definition) is 22. The van der Waals surface area contributed by atoms with Crippen molar-refractivity contribution in [1.82, 2.24) is 35.9 Å². The van der Waals surface area contributed by atoms with Crippen LogP contribution in [0.25, 0.3) is 11.2 Å². The molecule has 2 aromatic heterocycles. The van der Waals surface area contributed by atoms with Crippen LogP contribution in [0.2, 0.25) is 0 Å². The van der Waals surface area contributed by atoms with Gasteiger partial charge < -0.3 is 70.9 Å². The van der Waals surface area contributed by atoms with Crippen molar-refractivity contribution in [2.45, 2.75) is 193 Å². The molecule has 6 aromatic carbocycles. The first-order valence-corrected chi connectivity index (χ1v) is 44.4. The number of H-pyrrole nitrogens is 1. The van der Waals surface area contributed by atoms with Crippen molar-refractivity contribution in [2.75, 3.05) is 79.4 Å². The SMILES string of the molecule is CCCOCCOCCN(CC(C)(C)SSCCCC(=O)[C@@H](C)NC(=O)[C@@H](CCCNC(=N)N)CC(=O)C(C)NC(=O)CC[C@@H](CC(=O)c1ccc(CCc2cnc3nc(N)[nH]c(=O)c3n2)cc1)C(=O)O)c1cc(COc2cc3c(cc2C)C(=O)N2c4ccccc4C[C@H]2CC3)cc(COc2cc3c(cc2OC)C(=O)N2c4ccccc4C[C@H]2CC3)c1. The molecule has 0 radical (unpaired) electrons. The van der Waals surface area contributed by atoms with Crippen LogP contribution in [0.3, 0.4) is 0 Å². The third-order valence-electron chi connectivity index (χ3n) is 22.7. The van der Waals surface area contributed by atoms with E-state index in [1.807, 2.05) is 77.4 Å². The first-order chi connectivity index (χ1) is 58.7. The molecule has 4 amide bonds. The lowest BCUT2D eigenvalue weighted by Gasteiger charge is -2.34. The number of guanidine groups is 1. The second-order valence-electron chi connectivity index (χ2n) is 32.6. The summed E-state index contributed by atoms with van der Waals surface area (Å²) in [6.45, 7) is 15.1. The van der Waals surface area contributed by atoms with E-state index in [4.69, 9.17) is 40.6 Å². The number of nitrogens with one attached hydrogen (secondary N) is 5. The van der Waals surface area contributed by atoms with Gasteiger partial charge in [0.05, 0.1) is 56.8 Å². The van der Waals surface area contributed by atoms with Crippen LogP contribution in [0.1, 0.15) is 187 Å². The highest BCUT2D eigenvalue weighted by molar-refractivity contribution is 8.77. The van der Waals surface area contributed by atoms with E-state index in [0.717, 1.165) is 89.0 Å². The fourth-order valence-corrected chi connectivity index (χ4v) is 18.9. The molecule has 1 unspecified atom stereocenters. The first kappa shape index (κ1) is 90.0. The van der Waals surface area contributed by atoms with E-state index in [-0.39, 0.29) is 117 Å². The van der Waals surface area contributed by atoms with Gasteiger partial charge in [-0.25, -0.2) is 9.97 Å². The number of nitrogens with two attached hydrogens (primary N) is 2. The second-order valence-corrected chi connectivity index (χ2v) is 35.7. The predicted octanol–water partition coefficient (Wildman–Crippen LogP) is 12.0. The number of para-hydroxylation sites is 2. The highest BCUT2D eigenvalue weighted by atomic mass is 33.1.